The highest BCUT2D eigenvalue weighted by Gasteiger charge is 2.15. The summed E-state index contributed by atoms with van der Waals surface area (Å²) in [7, 11) is 0. The smallest absolute Gasteiger partial charge is 0.347 e. The topological polar surface area (TPSA) is 35.5 Å². The van der Waals surface area contributed by atoms with Crippen LogP contribution in [-0.2, 0) is 9.53 Å². The van der Waals surface area contributed by atoms with Gasteiger partial charge in [0.2, 0.25) is 0 Å². The average molecular weight is 396 g/mol. The maximum absolute atomic E-state index is 11.5. The van der Waals surface area contributed by atoms with Crippen LogP contribution in [-0.4, -0.2) is 18.7 Å². The SMILES string of the molecule is CCOC(=O)C(C)Oc1ccc(-c2ccc(I)cc2)cc1. The van der Waals surface area contributed by atoms with Crippen LogP contribution in [0.15, 0.2) is 48.5 Å². The van der Waals surface area contributed by atoms with E-state index in [-0.39, 0.29) is 5.97 Å². The number of esters is 1. The third-order valence-electron chi connectivity index (χ3n) is 2.96. The number of rotatable bonds is 5. The maximum atomic E-state index is 11.5. The van der Waals surface area contributed by atoms with Gasteiger partial charge in [-0.25, -0.2) is 4.79 Å². The zero-order chi connectivity index (χ0) is 15.2. The molecule has 0 aromatic heterocycles. The highest BCUT2D eigenvalue weighted by atomic mass is 127. The van der Waals surface area contributed by atoms with Crippen LogP contribution < -0.4 is 4.74 Å². The molecule has 0 saturated heterocycles. The van der Waals surface area contributed by atoms with Crippen molar-refractivity contribution in [2.45, 2.75) is 20.0 Å². The van der Waals surface area contributed by atoms with Gasteiger partial charge in [0.15, 0.2) is 6.10 Å². The summed E-state index contributed by atoms with van der Waals surface area (Å²) < 4.78 is 11.7. The van der Waals surface area contributed by atoms with Crippen molar-refractivity contribution in [3.63, 3.8) is 0 Å². The monoisotopic (exact) mass is 396 g/mol. The number of carbonyl (C=O) groups is 1. The third-order valence-corrected chi connectivity index (χ3v) is 3.68. The standard InChI is InChI=1S/C17H17IO3/c1-3-20-17(19)12(2)21-16-10-6-14(7-11-16)13-4-8-15(18)9-5-13/h4-12H,3H2,1-2H3. The second-order valence-electron chi connectivity index (χ2n) is 4.54. The fraction of sp³-hybridized carbons (Fsp3) is 0.235. The molecule has 0 aliphatic rings. The first-order valence-electron chi connectivity index (χ1n) is 6.79. The van der Waals surface area contributed by atoms with E-state index in [1.54, 1.807) is 13.8 Å². The Morgan fingerprint density at radius 1 is 1.05 bits per heavy atom. The molecule has 4 heteroatoms. The molecule has 21 heavy (non-hydrogen) atoms. The molecule has 0 amide bonds. The summed E-state index contributed by atoms with van der Waals surface area (Å²) in [4.78, 5) is 11.5. The Hall–Kier alpha value is -1.56. The number of benzene rings is 2. The van der Waals surface area contributed by atoms with E-state index in [0.29, 0.717) is 12.4 Å². The van der Waals surface area contributed by atoms with Crippen LogP contribution in [0, 0.1) is 3.57 Å². The predicted octanol–water partition coefficient (Wildman–Crippen LogP) is 4.29. The van der Waals surface area contributed by atoms with Gasteiger partial charge in [0.25, 0.3) is 0 Å². The fourth-order valence-corrected chi connectivity index (χ4v) is 2.24. The van der Waals surface area contributed by atoms with Crippen LogP contribution >= 0.6 is 22.6 Å². The molecule has 2 aromatic carbocycles. The molecule has 0 spiro atoms. The number of carbonyl (C=O) groups excluding carboxylic acids is 1. The molecule has 2 aromatic rings. The Balaban J connectivity index is 2.05. The Bertz CT molecular complexity index is 590. The lowest BCUT2D eigenvalue weighted by Crippen LogP contribution is -2.25. The van der Waals surface area contributed by atoms with Crippen molar-refractivity contribution in [1.29, 1.82) is 0 Å². The third kappa shape index (κ3) is 4.46. The van der Waals surface area contributed by atoms with Crippen molar-refractivity contribution in [1.82, 2.24) is 0 Å². The average Bonchev–Trinajstić information content (AvgIpc) is 2.49. The van der Waals surface area contributed by atoms with E-state index >= 15 is 0 Å². The number of halogens is 1. The molecular formula is C17H17IO3. The summed E-state index contributed by atoms with van der Waals surface area (Å²) >= 11 is 2.28. The molecule has 3 nitrogen and oxygen atoms in total. The van der Waals surface area contributed by atoms with Crippen LogP contribution in [0.25, 0.3) is 11.1 Å². The molecule has 110 valence electrons. The van der Waals surface area contributed by atoms with E-state index in [4.69, 9.17) is 9.47 Å². The first-order valence-corrected chi connectivity index (χ1v) is 7.87. The predicted molar refractivity (Wildman–Crippen MR) is 91.3 cm³/mol. The summed E-state index contributed by atoms with van der Waals surface area (Å²) in [5.41, 5.74) is 2.27. The molecule has 0 bridgehead atoms. The van der Waals surface area contributed by atoms with Crippen molar-refractivity contribution >= 4 is 28.6 Å². The fourth-order valence-electron chi connectivity index (χ4n) is 1.88. The Labute approximate surface area is 138 Å². The minimum absolute atomic E-state index is 0.348. The highest BCUT2D eigenvalue weighted by molar-refractivity contribution is 14.1. The largest absolute Gasteiger partial charge is 0.479 e. The number of ether oxygens (including phenoxy) is 2. The van der Waals surface area contributed by atoms with Crippen LogP contribution in [0.5, 0.6) is 5.75 Å². The van der Waals surface area contributed by atoms with Crippen LogP contribution in [0.3, 0.4) is 0 Å². The molecule has 0 heterocycles. The molecular weight excluding hydrogens is 379 g/mol. The van der Waals surface area contributed by atoms with E-state index in [9.17, 15) is 4.79 Å². The number of hydrogen-bond acceptors (Lipinski definition) is 3. The van der Waals surface area contributed by atoms with Crippen LogP contribution in [0.4, 0.5) is 0 Å². The molecule has 0 fully saturated rings. The van der Waals surface area contributed by atoms with E-state index in [2.05, 4.69) is 46.9 Å². The Kier molecular flexibility index (Phi) is 5.61. The van der Waals surface area contributed by atoms with Gasteiger partial charge in [0.05, 0.1) is 6.61 Å². The van der Waals surface area contributed by atoms with Gasteiger partial charge in [-0.3, -0.25) is 0 Å². The van der Waals surface area contributed by atoms with E-state index < -0.39 is 6.10 Å². The van der Waals surface area contributed by atoms with E-state index in [0.717, 1.165) is 11.1 Å². The summed E-state index contributed by atoms with van der Waals surface area (Å²) in [6.45, 7) is 3.82. The molecule has 2 rings (SSSR count). The van der Waals surface area contributed by atoms with Crippen molar-refractivity contribution < 1.29 is 14.3 Å². The molecule has 0 aliphatic carbocycles. The lowest BCUT2D eigenvalue weighted by atomic mass is 10.1. The van der Waals surface area contributed by atoms with Crippen LogP contribution in [0.2, 0.25) is 0 Å². The van der Waals surface area contributed by atoms with Gasteiger partial charge < -0.3 is 9.47 Å². The van der Waals surface area contributed by atoms with E-state index in [1.807, 2.05) is 24.3 Å². The van der Waals surface area contributed by atoms with Gasteiger partial charge in [0, 0.05) is 3.57 Å². The lowest BCUT2D eigenvalue weighted by Gasteiger charge is -2.13. The van der Waals surface area contributed by atoms with Crippen molar-refractivity contribution in [3.8, 4) is 16.9 Å². The molecule has 1 atom stereocenters. The number of hydrogen-bond donors (Lipinski definition) is 0. The van der Waals surface area contributed by atoms with Gasteiger partial charge in [0.1, 0.15) is 5.75 Å². The molecule has 0 N–H and O–H groups in total. The second kappa shape index (κ2) is 7.45. The van der Waals surface area contributed by atoms with Crippen molar-refractivity contribution in [2.24, 2.45) is 0 Å². The highest BCUT2D eigenvalue weighted by Crippen LogP contribution is 2.23. The molecule has 1 unspecified atom stereocenters. The molecule has 0 radical (unpaired) electrons. The van der Waals surface area contributed by atoms with Gasteiger partial charge in [-0.15, -0.1) is 0 Å². The minimum atomic E-state index is -0.603. The first kappa shape index (κ1) is 15.8. The van der Waals surface area contributed by atoms with Gasteiger partial charge in [-0.1, -0.05) is 24.3 Å². The zero-order valence-corrected chi connectivity index (χ0v) is 14.2. The second-order valence-corrected chi connectivity index (χ2v) is 5.79. The quantitative estimate of drug-likeness (QED) is 0.559. The van der Waals surface area contributed by atoms with Gasteiger partial charge in [-0.05, 0) is 71.8 Å². The summed E-state index contributed by atoms with van der Waals surface area (Å²) in [6, 6.07) is 16.0. The lowest BCUT2D eigenvalue weighted by molar-refractivity contribution is -0.150. The minimum Gasteiger partial charge on any atom is -0.479 e. The molecule has 0 aliphatic heterocycles. The van der Waals surface area contributed by atoms with E-state index in [1.165, 1.54) is 3.57 Å². The van der Waals surface area contributed by atoms with Crippen molar-refractivity contribution in [3.05, 3.63) is 52.1 Å². The normalized spacial score (nSPS) is 11.8. The Morgan fingerprint density at radius 2 is 1.57 bits per heavy atom. The van der Waals surface area contributed by atoms with Gasteiger partial charge in [-0.2, -0.15) is 0 Å². The molecule has 0 saturated carbocycles. The van der Waals surface area contributed by atoms with Crippen molar-refractivity contribution in [2.75, 3.05) is 6.61 Å². The Morgan fingerprint density at radius 3 is 2.10 bits per heavy atom. The van der Waals surface area contributed by atoms with Gasteiger partial charge >= 0.3 is 5.97 Å². The maximum Gasteiger partial charge on any atom is 0.347 e. The van der Waals surface area contributed by atoms with Crippen LogP contribution in [0.1, 0.15) is 13.8 Å². The zero-order valence-electron chi connectivity index (χ0n) is 12.0. The first-order chi connectivity index (χ1) is 10.1. The summed E-state index contributed by atoms with van der Waals surface area (Å²) in [6.07, 6.45) is -0.603. The summed E-state index contributed by atoms with van der Waals surface area (Å²) in [5, 5.41) is 0. The summed E-state index contributed by atoms with van der Waals surface area (Å²) in [5.74, 6) is 0.309.